The molecule has 2 aliphatic rings. The van der Waals surface area contributed by atoms with Gasteiger partial charge in [0.1, 0.15) is 17.8 Å². The van der Waals surface area contributed by atoms with Crippen LogP contribution in [0.4, 0.5) is 5.82 Å². The Morgan fingerprint density at radius 1 is 1.23 bits per heavy atom. The van der Waals surface area contributed by atoms with Crippen LogP contribution in [0.15, 0.2) is 12.4 Å². The summed E-state index contributed by atoms with van der Waals surface area (Å²) in [6.07, 6.45) is 1.92. The van der Waals surface area contributed by atoms with Gasteiger partial charge in [-0.2, -0.15) is 0 Å². The minimum absolute atomic E-state index is 0.0451. The highest BCUT2D eigenvalue weighted by atomic mass is 32.2. The molecule has 3 heterocycles. The SMILES string of the molecule is CCN1CCN(c2cc(C(=O)N(CC)C3CCS(=O)(=O)C3)ncn2)CC1. The molecule has 1 aromatic rings. The molecule has 0 bridgehead atoms. The standard InChI is InChI=1S/C17H27N5O3S/c1-3-20-6-8-21(9-7-20)16-11-15(18-13-19-16)17(23)22(4-2)14-5-10-26(24,25)12-14/h11,13-14H,3-10,12H2,1-2H3. The lowest BCUT2D eigenvalue weighted by atomic mass is 10.2. The molecule has 0 aromatic carbocycles. The first kappa shape index (κ1) is 19.0. The summed E-state index contributed by atoms with van der Waals surface area (Å²) < 4.78 is 23.5. The first-order valence-corrected chi connectivity index (χ1v) is 11.1. The minimum atomic E-state index is -3.04. The van der Waals surface area contributed by atoms with Crippen molar-refractivity contribution in [2.45, 2.75) is 26.3 Å². The highest BCUT2D eigenvalue weighted by Gasteiger charge is 2.34. The summed E-state index contributed by atoms with van der Waals surface area (Å²) in [5.41, 5.74) is 0.332. The summed E-state index contributed by atoms with van der Waals surface area (Å²) in [5.74, 6) is 0.737. The highest BCUT2D eigenvalue weighted by Crippen LogP contribution is 2.21. The maximum atomic E-state index is 12.9. The summed E-state index contributed by atoms with van der Waals surface area (Å²) >= 11 is 0. The topological polar surface area (TPSA) is 86.7 Å². The summed E-state index contributed by atoms with van der Waals surface area (Å²) in [6.45, 7) is 9.22. The lowest BCUT2D eigenvalue weighted by Crippen LogP contribution is -2.46. The molecular weight excluding hydrogens is 354 g/mol. The molecule has 0 radical (unpaired) electrons. The van der Waals surface area contributed by atoms with Crippen molar-refractivity contribution in [1.29, 1.82) is 0 Å². The van der Waals surface area contributed by atoms with Gasteiger partial charge in [-0.15, -0.1) is 0 Å². The van der Waals surface area contributed by atoms with Gasteiger partial charge in [0.05, 0.1) is 11.5 Å². The van der Waals surface area contributed by atoms with Crippen LogP contribution in [0, 0.1) is 0 Å². The second-order valence-electron chi connectivity index (χ2n) is 6.83. The van der Waals surface area contributed by atoms with E-state index in [0.717, 1.165) is 38.5 Å². The first-order chi connectivity index (χ1) is 12.4. The van der Waals surface area contributed by atoms with Crippen LogP contribution in [0.1, 0.15) is 30.8 Å². The van der Waals surface area contributed by atoms with E-state index < -0.39 is 9.84 Å². The fourth-order valence-electron chi connectivity index (χ4n) is 3.67. The molecule has 1 amide bonds. The van der Waals surface area contributed by atoms with Gasteiger partial charge in [-0.1, -0.05) is 6.92 Å². The number of piperazine rings is 1. The Bertz CT molecular complexity index is 747. The van der Waals surface area contributed by atoms with Gasteiger partial charge in [0.2, 0.25) is 0 Å². The lowest BCUT2D eigenvalue weighted by molar-refractivity contribution is 0.0702. The average Bonchev–Trinajstić information content (AvgIpc) is 3.02. The molecule has 2 saturated heterocycles. The molecule has 1 aromatic heterocycles. The van der Waals surface area contributed by atoms with Crippen molar-refractivity contribution in [2.75, 3.05) is 55.7 Å². The van der Waals surface area contributed by atoms with Crippen molar-refractivity contribution in [3.8, 4) is 0 Å². The highest BCUT2D eigenvalue weighted by molar-refractivity contribution is 7.91. The van der Waals surface area contributed by atoms with Crippen LogP contribution in [0.5, 0.6) is 0 Å². The molecule has 144 valence electrons. The number of hydrogen-bond donors (Lipinski definition) is 0. The van der Waals surface area contributed by atoms with Crippen molar-refractivity contribution in [3.63, 3.8) is 0 Å². The summed E-state index contributed by atoms with van der Waals surface area (Å²) in [5, 5.41) is 0. The smallest absolute Gasteiger partial charge is 0.272 e. The molecule has 2 aliphatic heterocycles. The van der Waals surface area contributed by atoms with Gasteiger partial charge in [-0.05, 0) is 19.9 Å². The predicted molar refractivity (Wildman–Crippen MR) is 100 cm³/mol. The largest absolute Gasteiger partial charge is 0.354 e. The zero-order chi connectivity index (χ0) is 18.7. The monoisotopic (exact) mass is 381 g/mol. The number of likely N-dealkylation sites (N-methyl/N-ethyl adjacent to an activating group) is 1. The van der Waals surface area contributed by atoms with E-state index in [1.54, 1.807) is 11.0 Å². The third-order valence-corrected chi connectivity index (χ3v) is 7.02. The lowest BCUT2D eigenvalue weighted by Gasteiger charge is -2.34. The van der Waals surface area contributed by atoms with Crippen molar-refractivity contribution in [1.82, 2.24) is 19.8 Å². The van der Waals surface area contributed by atoms with Crippen molar-refractivity contribution in [2.24, 2.45) is 0 Å². The molecule has 1 atom stereocenters. The van der Waals surface area contributed by atoms with E-state index in [2.05, 4.69) is 26.7 Å². The van der Waals surface area contributed by atoms with Crippen LogP contribution in [0.2, 0.25) is 0 Å². The number of sulfone groups is 1. The molecule has 9 heteroatoms. The normalized spacial score (nSPS) is 23.2. The number of rotatable bonds is 5. The van der Waals surface area contributed by atoms with Crippen LogP contribution < -0.4 is 4.90 Å². The predicted octanol–water partition coefficient (Wildman–Crippen LogP) is 0.268. The fourth-order valence-corrected chi connectivity index (χ4v) is 5.40. The minimum Gasteiger partial charge on any atom is -0.354 e. The molecule has 0 aliphatic carbocycles. The second-order valence-corrected chi connectivity index (χ2v) is 9.06. The van der Waals surface area contributed by atoms with Gasteiger partial charge in [0.25, 0.3) is 5.91 Å². The number of carbonyl (C=O) groups excluding carboxylic acids is 1. The van der Waals surface area contributed by atoms with E-state index in [-0.39, 0.29) is 23.5 Å². The second kappa shape index (κ2) is 7.87. The molecular formula is C17H27N5O3S. The van der Waals surface area contributed by atoms with E-state index in [9.17, 15) is 13.2 Å². The van der Waals surface area contributed by atoms with E-state index >= 15 is 0 Å². The maximum absolute atomic E-state index is 12.9. The van der Waals surface area contributed by atoms with E-state index in [1.807, 2.05) is 6.92 Å². The van der Waals surface area contributed by atoms with Crippen molar-refractivity contribution < 1.29 is 13.2 Å². The Morgan fingerprint density at radius 3 is 2.54 bits per heavy atom. The van der Waals surface area contributed by atoms with Gasteiger partial charge in [0.15, 0.2) is 9.84 Å². The molecule has 0 saturated carbocycles. The number of amides is 1. The van der Waals surface area contributed by atoms with Crippen molar-refractivity contribution >= 4 is 21.6 Å². The Morgan fingerprint density at radius 2 is 1.96 bits per heavy atom. The van der Waals surface area contributed by atoms with Gasteiger partial charge in [-0.25, -0.2) is 18.4 Å². The van der Waals surface area contributed by atoms with Crippen LogP contribution in [-0.4, -0.2) is 90.9 Å². The molecule has 0 spiro atoms. The van der Waals surface area contributed by atoms with Crippen molar-refractivity contribution in [3.05, 3.63) is 18.1 Å². The number of anilines is 1. The summed E-state index contributed by atoms with van der Waals surface area (Å²) in [6, 6.07) is 1.47. The first-order valence-electron chi connectivity index (χ1n) is 9.24. The summed E-state index contributed by atoms with van der Waals surface area (Å²) in [4.78, 5) is 27.6. The van der Waals surface area contributed by atoms with Gasteiger partial charge in [-0.3, -0.25) is 4.79 Å². The third kappa shape index (κ3) is 4.15. The summed E-state index contributed by atoms with van der Waals surface area (Å²) in [7, 11) is -3.04. The van der Waals surface area contributed by atoms with E-state index in [1.165, 1.54) is 6.33 Å². The third-order valence-electron chi connectivity index (χ3n) is 5.27. The van der Waals surface area contributed by atoms with Crippen LogP contribution >= 0.6 is 0 Å². The van der Waals surface area contributed by atoms with Gasteiger partial charge < -0.3 is 14.7 Å². The molecule has 26 heavy (non-hydrogen) atoms. The molecule has 2 fully saturated rings. The molecule has 8 nitrogen and oxygen atoms in total. The number of nitrogens with zero attached hydrogens (tertiary/aromatic N) is 5. The zero-order valence-electron chi connectivity index (χ0n) is 15.5. The zero-order valence-corrected chi connectivity index (χ0v) is 16.3. The van der Waals surface area contributed by atoms with E-state index in [4.69, 9.17) is 0 Å². The maximum Gasteiger partial charge on any atom is 0.272 e. The Labute approximate surface area is 155 Å². The molecule has 0 N–H and O–H groups in total. The quantitative estimate of drug-likeness (QED) is 0.723. The Hall–Kier alpha value is -1.74. The Kier molecular flexibility index (Phi) is 5.76. The number of aromatic nitrogens is 2. The number of hydrogen-bond acceptors (Lipinski definition) is 7. The van der Waals surface area contributed by atoms with Crippen LogP contribution in [-0.2, 0) is 9.84 Å². The fraction of sp³-hybridized carbons (Fsp3) is 0.706. The molecule has 3 rings (SSSR count). The average molecular weight is 382 g/mol. The van der Waals surface area contributed by atoms with Crippen LogP contribution in [0.25, 0.3) is 0 Å². The van der Waals surface area contributed by atoms with Crippen LogP contribution in [0.3, 0.4) is 0 Å². The Balaban J connectivity index is 1.73. The number of carbonyl (C=O) groups is 1. The van der Waals surface area contributed by atoms with Gasteiger partial charge >= 0.3 is 0 Å². The molecule has 1 unspecified atom stereocenters. The van der Waals surface area contributed by atoms with Gasteiger partial charge in [0, 0.05) is 44.8 Å². The van der Waals surface area contributed by atoms with E-state index in [0.29, 0.717) is 18.7 Å².